The molecule has 5 heteroatoms. The van der Waals surface area contributed by atoms with Crippen LogP contribution >= 0.6 is 0 Å². The average Bonchev–Trinajstić information content (AvgIpc) is 3.14. The minimum atomic E-state index is 0.0734. The van der Waals surface area contributed by atoms with Crippen molar-refractivity contribution in [1.82, 2.24) is 15.1 Å². The fourth-order valence-corrected chi connectivity index (χ4v) is 6.47. The number of nitrogens with zero attached hydrogens (tertiary/aromatic N) is 3. The Balaban J connectivity index is 1.40. The van der Waals surface area contributed by atoms with Crippen molar-refractivity contribution >= 4 is 11.7 Å². The van der Waals surface area contributed by atoms with Gasteiger partial charge in [-0.15, -0.1) is 0 Å². The van der Waals surface area contributed by atoms with E-state index in [-0.39, 0.29) is 11.4 Å². The number of aryl methyl sites for hydroxylation is 1. The van der Waals surface area contributed by atoms with Gasteiger partial charge in [0.25, 0.3) is 5.91 Å². The van der Waals surface area contributed by atoms with Crippen LogP contribution in [0.5, 0.6) is 0 Å². The van der Waals surface area contributed by atoms with E-state index in [1.165, 1.54) is 51.4 Å². The van der Waals surface area contributed by atoms with Crippen LogP contribution < -0.4 is 10.2 Å². The maximum Gasteiger partial charge on any atom is 0.257 e. The molecule has 0 atom stereocenters. The second-order valence-electron chi connectivity index (χ2n) is 8.85. The molecule has 5 nitrogen and oxygen atoms in total. The van der Waals surface area contributed by atoms with Crippen molar-refractivity contribution in [3.05, 3.63) is 11.8 Å². The van der Waals surface area contributed by atoms with Crippen LogP contribution in [-0.2, 0) is 7.05 Å². The second-order valence-corrected chi connectivity index (χ2v) is 8.85. The van der Waals surface area contributed by atoms with Crippen LogP contribution in [0.15, 0.2) is 6.20 Å². The summed E-state index contributed by atoms with van der Waals surface area (Å²) in [5, 5.41) is 7.89. The lowest BCUT2D eigenvalue weighted by Crippen LogP contribution is -2.59. The van der Waals surface area contributed by atoms with E-state index in [1.54, 1.807) is 6.20 Å². The summed E-state index contributed by atoms with van der Waals surface area (Å²) in [6.07, 6.45) is 12.0. The molecule has 0 spiro atoms. The number of carbonyl (C=O) groups excluding carboxylic acids is 1. The van der Waals surface area contributed by atoms with Crippen molar-refractivity contribution in [3.63, 3.8) is 0 Å². The van der Waals surface area contributed by atoms with Gasteiger partial charge in [-0.1, -0.05) is 0 Å². The standard InChI is InChI=1S/C19H28N4O/c1-22-18(23-4-2-3-5-23)16(12-20-22)17(24)21-19-9-13-6-14(10-19)8-15(7-13)11-19/h12-15H,2-11H2,1H3,(H,21,24). The SMILES string of the molecule is Cn1ncc(C(=O)NC23CC4CC(CC(C4)C2)C3)c1N1CCCC1. The van der Waals surface area contributed by atoms with Crippen LogP contribution in [-0.4, -0.2) is 34.3 Å². The zero-order valence-electron chi connectivity index (χ0n) is 14.6. The van der Waals surface area contributed by atoms with Gasteiger partial charge in [-0.05, 0) is 69.1 Å². The Morgan fingerprint density at radius 3 is 2.29 bits per heavy atom. The summed E-state index contributed by atoms with van der Waals surface area (Å²) < 4.78 is 1.87. The second kappa shape index (κ2) is 5.24. The Bertz CT molecular complexity index is 623. The number of aromatic nitrogens is 2. The Kier molecular flexibility index (Phi) is 3.23. The molecule has 1 amide bonds. The largest absolute Gasteiger partial charge is 0.356 e. The molecule has 4 bridgehead atoms. The van der Waals surface area contributed by atoms with Gasteiger partial charge in [-0.25, -0.2) is 0 Å². The van der Waals surface area contributed by atoms with E-state index < -0.39 is 0 Å². The van der Waals surface area contributed by atoms with Crippen molar-refractivity contribution in [2.24, 2.45) is 24.8 Å². The highest BCUT2D eigenvalue weighted by Gasteiger charge is 2.51. The van der Waals surface area contributed by atoms with Crippen molar-refractivity contribution in [2.45, 2.75) is 56.9 Å². The molecule has 1 aliphatic heterocycles. The summed E-state index contributed by atoms with van der Waals surface area (Å²) in [7, 11) is 1.95. The first-order valence-corrected chi connectivity index (χ1v) is 9.71. The highest BCUT2D eigenvalue weighted by atomic mass is 16.1. The first-order chi connectivity index (χ1) is 11.6. The van der Waals surface area contributed by atoms with E-state index in [0.717, 1.165) is 42.2 Å². The van der Waals surface area contributed by atoms with Gasteiger partial charge >= 0.3 is 0 Å². The Morgan fingerprint density at radius 2 is 1.71 bits per heavy atom. The Hall–Kier alpha value is -1.52. The van der Waals surface area contributed by atoms with Crippen LogP contribution in [0.3, 0.4) is 0 Å². The van der Waals surface area contributed by atoms with Crippen LogP contribution in [0, 0.1) is 17.8 Å². The molecule has 4 saturated carbocycles. The lowest BCUT2D eigenvalue weighted by Gasteiger charge is -2.56. The molecule has 1 aromatic heterocycles. The summed E-state index contributed by atoms with van der Waals surface area (Å²) in [4.78, 5) is 15.5. The number of hydrogen-bond donors (Lipinski definition) is 1. The average molecular weight is 328 g/mol. The van der Waals surface area contributed by atoms with Crippen molar-refractivity contribution in [1.29, 1.82) is 0 Å². The molecule has 0 unspecified atom stereocenters. The minimum absolute atomic E-state index is 0.0734. The van der Waals surface area contributed by atoms with Crippen LogP contribution in [0.2, 0.25) is 0 Å². The molecule has 4 aliphatic carbocycles. The monoisotopic (exact) mass is 328 g/mol. The lowest BCUT2D eigenvalue weighted by atomic mass is 9.53. The van der Waals surface area contributed by atoms with Gasteiger partial charge in [0, 0.05) is 25.7 Å². The third kappa shape index (κ3) is 2.27. The van der Waals surface area contributed by atoms with Gasteiger partial charge in [0.05, 0.1) is 6.20 Å². The molecule has 6 rings (SSSR count). The highest BCUT2D eigenvalue weighted by molar-refractivity contribution is 5.99. The molecule has 24 heavy (non-hydrogen) atoms. The van der Waals surface area contributed by atoms with Crippen molar-refractivity contribution < 1.29 is 4.79 Å². The molecular weight excluding hydrogens is 300 g/mol. The molecule has 1 N–H and O–H groups in total. The lowest BCUT2D eigenvalue weighted by molar-refractivity contribution is -0.0166. The number of hydrogen-bond acceptors (Lipinski definition) is 3. The molecule has 5 fully saturated rings. The molecule has 1 saturated heterocycles. The number of rotatable bonds is 3. The maximum atomic E-state index is 13.1. The van der Waals surface area contributed by atoms with Crippen molar-refractivity contribution in [2.75, 3.05) is 18.0 Å². The first kappa shape index (κ1) is 14.8. The smallest absolute Gasteiger partial charge is 0.257 e. The normalized spacial score (nSPS) is 37.2. The molecule has 5 aliphatic rings. The van der Waals surface area contributed by atoms with Gasteiger partial charge < -0.3 is 10.2 Å². The van der Waals surface area contributed by atoms with Gasteiger partial charge in [0.15, 0.2) is 0 Å². The highest BCUT2D eigenvalue weighted by Crippen LogP contribution is 2.55. The van der Waals surface area contributed by atoms with E-state index in [4.69, 9.17) is 0 Å². The maximum absolute atomic E-state index is 13.1. The predicted molar refractivity (Wildman–Crippen MR) is 93.0 cm³/mol. The summed E-state index contributed by atoms with van der Waals surface area (Å²) >= 11 is 0. The zero-order chi connectivity index (χ0) is 16.3. The summed E-state index contributed by atoms with van der Waals surface area (Å²) in [6, 6.07) is 0. The number of nitrogens with one attached hydrogen (secondary N) is 1. The van der Waals surface area contributed by atoms with Crippen molar-refractivity contribution in [3.8, 4) is 0 Å². The fraction of sp³-hybridized carbons (Fsp3) is 0.789. The predicted octanol–water partition coefficient (Wildman–Crippen LogP) is 2.72. The zero-order valence-corrected chi connectivity index (χ0v) is 14.6. The molecule has 130 valence electrons. The number of anilines is 1. The third-order valence-corrected chi connectivity index (χ3v) is 6.97. The molecular formula is C19H28N4O. The van der Waals surface area contributed by atoms with E-state index in [2.05, 4.69) is 15.3 Å². The summed E-state index contributed by atoms with van der Waals surface area (Å²) in [6.45, 7) is 2.08. The van der Waals surface area contributed by atoms with E-state index in [0.29, 0.717) is 0 Å². The summed E-state index contributed by atoms with van der Waals surface area (Å²) in [5.41, 5.74) is 0.847. The first-order valence-electron chi connectivity index (χ1n) is 9.71. The van der Waals surface area contributed by atoms with Crippen LogP contribution in [0.4, 0.5) is 5.82 Å². The Morgan fingerprint density at radius 1 is 1.12 bits per heavy atom. The summed E-state index contributed by atoms with van der Waals surface area (Å²) in [5.74, 6) is 3.66. The van der Waals surface area contributed by atoms with Gasteiger partial charge in [0.2, 0.25) is 0 Å². The molecule has 0 radical (unpaired) electrons. The Labute approximate surface area is 143 Å². The molecule has 2 heterocycles. The van der Waals surface area contributed by atoms with E-state index >= 15 is 0 Å². The number of amides is 1. The molecule has 0 aromatic carbocycles. The topological polar surface area (TPSA) is 50.2 Å². The van der Waals surface area contributed by atoms with Gasteiger partial charge in [-0.2, -0.15) is 5.10 Å². The number of carbonyl (C=O) groups is 1. The minimum Gasteiger partial charge on any atom is -0.356 e. The van der Waals surface area contributed by atoms with Crippen LogP contribution in [0.1, 0.15) is 61.7 Å². The molecule has 1 aromatic rings. The van der Waals surface area contributed by atoms with E-state index in [1.807, 2.05) is 11.7 Å². The fourth-order valence-electron chi connectivity index (χ4n) is 6.47. The quantitative estimate of drug-likeness (QED) is 0.928. The van der Waals surface area contributed by atoms with Gasteiger partial charge in [0.1, 0.15) is 11.4 Å². The van der Waals surface area contributed by atoms with Crippen LogP contribution in [0.25, 0.3) is 0 Å². The van der Waals surface area contributed by atoms with Gasteiger partial charge in [-0.3, -0.25) is 9.48 Å². The van der Waals surface area contributed by atoms with E-state index in [9.17, 15) is 4.79 Å². The third-order valence-electron chi connectivity index (χ3n) is 6.97.